The molecule has 2 fully saturated rings. The Hall–Kier alpha value is -0.540. The first-order valence-electron chi connectivity index (χ1n) is 10.3. The highest BCUT2D eigenvalue weighted by Gasteiger charge is 2.20. The Bertz CT molecular complexity index is 520. The molecule has 0 amide bonds. The van der Waals surface area contributed by atoms with Crippen LogP contribution in [0.1, 0.15) is 44.9 Å². The minimum absolute atomic E-state index is 0. The molecule has 0 unspecified atom stereocenters. The quantitative estimate of drug-likeness (QED) is 0.268. The fourth-order valence-electron chi connectivity index (χ4n) is 3.95. The maximum atomic E-state index is 4.42. The number of hydrogen-bond donors (Lipinski definition) is 2. The fraction of sp³-hybridized carbons (Fsp3) is 0.750. The zero-order valence-electron chi connectivity index (χ0n) is 16.7. The maximum Gasteiger partial charge on any atom is 0.191 e. The van der Waals surface area contributed by atoms with Crippen LogP contribution in [0.2, 0.25) is 0 Å². The number of nitrogens with one attached hydrogen (secondary N) is 2. The van der Waals surface area contributed by atoms with E-state index in [0.717, 1.165) is 25.6 Å². The molecule has 2 saturated heterocycles. The second kappa shape index (κ2) is 12.8. The molecule has 27 heavy (non-hydrogen) atoms. The predicted octanol–water partition coefficient (Wildman–Crippen LogP) is 3.77. The predicted molar refractivity (Wildman–Crippen MR) is 129 cm³/mol. The van der Waals surface area contributed by atoms with Crippen LogP contribution in [0.3, 0.4) is 0 Å². The van der Waals surface area contributed by atoms with Gasteiger partial charge < -0.3 is 20.4 Å². The summed E-state index contributed by atoms with van der Waals surface area (Å²) in [6, 6.07) is 4.90. The number of hydrogen-bond acceptors (Lipinski definition) is 4. The van der Waals surface area contributed by atoms with Crippen molar-refractivity contribution in [2.75, 3.05) is 51.2 Å². The van der Waals surface area contributed by atoms with Gasteiger partial charge in [-0.3, -0.25) is 4.99 Å². The van der Waals surface area contributed by atoms with Crippen molar-refractivity contribution in [2.45, 2.75) is 51.0 Å². The monoisotopic (exact) mass is 505 g/mol. The van der Waals surface area contributed by atoms with Gasteiger partial charge in [-0.1, -0.05) is 12.8 Å². The first-order chi connectivity index (χ1) is 12.8. The van der Waals surface area contributed by atoms with Crippen LogP contribution in [0, 0.1) is 0 Å². The van der Waals surface area contributed by atoms with Gasteiger partial charge in [0.1, 0.15) is 0 Å². The van der Waals surface area contributed by atoms with Gasteiger partial charge in [0, 0.05) is 32.7 Å². The molecule has 5 nitrogen and oxygen atoms in total. The van der Waals surface area contributed by atoms with Crippen molar-refractivity contribution in [3.05, 3.63) is 17.5 Å². The molecule has 7 heteroatoms. The molecule has 0 bridgehead atoms. The van der Waals surface area contributed by atoms with E-state index in [1.807, 2.05) is 18.4 Å². The largest absolute Gasteiger partial charge is 0.363 e. The molecular weight excluding hydrogens is 469 g/mol. The summed E-state index contributed by atoms with van der Waals surface area (Å²) in [7, 11) is 1.88. The van der Waals surface area contributed by atoms with Gasteiger partial charge in [0.2, 0.25) is 0 Å². The van der Waals surface area contributed by atoms with Gasteiger partial charge in [-0.25, -0.2) is 0 Å². The minimum Gasteiger partial charge on any atom is -0.363 e. The number of guanidine groups is 1. The number of nitrogens with zero attached hydrogens (tertiary/aromatic N) is 3. The molecule has 1 aromatic rings. The molecule has 154 valence electrons. The summed E-state index contributed by atoms with van der Waals surface area (Å²) in [6.07, 6.45) is 9.12. The highest BCUT2D eigenvalue weighted by Crippen LogP contribution is 2.24. The summed E-state index contributed by atoms with van der Waals surface area (Å²) >= 11 is 1.84. The maximum absolute atomic E-state index is 4.42. The molecule has 0 aromatic carbocycles. The summed E-state index contributed by atoms with van der Waals surface area (Å²) in [4.78, 5) is 9.55. The number of piperidine rings is 1. The van der Waals surface area contributed by atoms with Gasteiger partial charge in [0.25, 0.3) is 0 Å². The van der Waals surface area contributed by atoms with Crippen molar-refractivity contribution in [1.82, 2.24) is 15.5 Å². The molecular formula is C20H36IN5S. The molecule has 0 spiro atoms. The summed E-state index contributed by atoms with van der Waals surface area (Å²) in [6.45, 7) is 7.05. The third-order valence-corrected chi connectivity index (χ3v) is 6.45. The molecule has 0 saturated carbocycles. The Morgan fingerprint density at radius 2 is 1.89 bits per heavy atom. The summed E-state index contributed by atoms with van der Waals surface area (Å²) in [5.41, 5.74) is 0. The minimum atomic E-state index is 0. The lowest BCUT2D eigenvalue weighted by molar-refractivity contribution is 0.282. The average Bonchev–Trinajstić information content (AvgIpc) is 3.09. The molecule has 1 aromatic heterocycles. The van der Waals surface area contributed by atoms with Crippen molar-refractivity contribution in [1.29, 1.82) is 0 Å². The van der Waals surface area contributed by atoms with E-state index in [2.05, 4.69) is 42.9 Å². The molecule has 0 radical (unpaired) electrons. The van der Waals surface area contributed by atoms with E-state index >= 15 is 0 Å². The zero-order valence-corrected chi connectivity index (χ0v) is 19.8. The molecule has 0 atom stereocenters. The normalized spacial score (nSPS) is 20.0. The van der Waals surface area contributed by atoms with E-state index < -0.39 is 0 Å². The van der Waals surface area contributed by atoms with Gasteiger partial charge >= 0.3 is 0 Å². The Morgan fingerprint density at radius 3 is 2.52 bits per heavy atom. The summed E-state index contributed by atoms with van der Waals surface area (Å²) < 4.78 is 0. The Kier molecular flexibility index (Phi) is 10.8. The Morgan fingerprint density at radius 1 is 1.15 bits per heavy atom. The van der Waals surface area contributed by atoms with E-state index in [1.165, 1.54) is 69.6 Å². The lowest BCUT2D eigenvalue weighted by atomic mass is 10.1. The topological polar surface area (TPSA) is 42.9 Å². The SMILES string of the molecule is CN=C(NCCCN1CCCCCC1)NC1CCN(c2cccs2)CC1.I. The van der Waals surface area contributed by atoms with Crippen LogP contribution in [-0.2, 0) is 0 Å². The first-order valence-corrected chi connectivity index (χ1v) is 11.2. The summed E-state index contributed by atoms with van der Waals surface area (Å²) in [5, 5.41) is 10.7. The van der Waals surface area contributed by atoms with Crippen molar-refractivity contribution in [2.24, 2.45) is 4.99 Å². The van der Waals surface area contributed by atoms with Crippen LogP contribution < -0.4 is 15.5 Å². The van der Waals surface area contributed by atoms with Gasteiger partial charge in [-0.2, -0.15) is 0 Å². The second-order valence-corrected chi connectivity index (χ2v) is 8.39. The number of anilines is 1. The van der Waals surface area contributed by atoms with E-state index in [9.17, 15) is 0 Å². The first kappa shape index (κ1) is 22.7. The molecule has 3 rings (SSSR count). The second-order valence-electron chi connectivity index (χ2n) is 7.47. The third-order valence-electron chi connectivity index (χ3n) is 5.52. The zero-order chi connectivity index (χ0) is 18.0. The number of likely N-dealkylation sites (tertiary alicyclic amines) is 1. The van der Waals surface area contributed by atoms with Gasteiger partial charge in [-0.05, 0) is 69.3 Å². The number of halogens is 1. The van der Waals surface area contributed by atoms with E-state index in [-0.39, 0.29) is 24.0 Å². The van der Waals surface area contributed by atoms with E-state index in [4.69, 9.17) is 0 Å². The van der Waals surface area contributed by atoms with Crippen molar-refractivity contribution in [3.8, 4) is 0 Å². The number of thiophene rings is 1. The van der Waals surface area contributed by atoms with Crippen LogP contribution in [0.25, 0.3) is 0 Å². The van der Waals surface area contributed by atoms with Crippen LogP contribution >= 0.6 is 35.3 Å². The lowest BCUT2D eigenvalue weighted by Crippen LogP contribution is -2.49. The van der Waals surface area contributed by atoms with E-state index in [0.29, 0.717) is 6.04 Å². The van der Waals surface area contributed by atoms with Crippen LogP contribution in [0.15, 0.2) is 22.5 Å². The Balaban J connectivity index is 0.00000261. The van der Waals surface area contributed by atoms with E-state index in [1.54, 1.807) is 0 Å². The number of aliphatic imine (C=N–C) groups is 1. The smallest absolute Gasteiger partial charge is 0.191 e. The number of rotatable bonds is 6. The van der Waals surface area contributed by atoms with Crippen molar-refractivity contribution >= 4 is 46.3 Å². The summed E-state index contributed by atoms with van der Waals surface area (Å²) in [5.74, 6) is 0.968. The molecule has 3 heterocycles. The standard InChI is InChI=1S/C20H35N5S.HI/c1-21-20(22-11-7-14-24-12-4-2-3-5-13-24)23-18-9-15-25(16-10-18)19-8-6-17-26-19;/h6,8,17-18H,2-5,7,9-16H2,1H3,(H2,21,22,23);1H. The lowest BCUT2D eigenvalue weighted by Gasteiger charge is -2.33. The van der Waals surface area contributed by atoms with Crippen LogP contribution in [0.5, 0.6) is 0 Å². The Labute approximate surface area is 186 Å². The molecule has 2 aliphatic heterocycles. The van der Waals surface area contributed by atoms with Crippen molar-refractivity contribution in [3.63, 3.8) is 0 Å². The third kappa shape index (κ3) is 7.77. The molecule has 2 N–H and O–H groups in total. The van der Waals surface area contributed by atoms with Gasteiger partial charge in [0.15, 0.2) is 5.96 Å². The fourth-order valence-corrected chi connectivity index (χ4v) is 4.74. The van der Waals surface area contributed by atoms with Crippen LogP contribution in [-0.4, -0.2) is 63.2 Å². The molecule has 2 aliphatic rings. The highest BCUT2D eigenvalue weighted by atomic mass is 127. The van der Waals surface area contributed by atoms with Crippen LogP contribution in [0.4, 0.5) is 5.00 Å². The highest BCUT2D eigenvalue weighted by molar-refractivity contribution is 14.0. The van der Waals surface area contributed by atoms with Crippen molar-refractivity contribution < 1.29 is 0 Å². The molecule has 0 aliphatic carbocycles. The van der Waals surface area contributed by atoms with Gasteiger partial charge in [-0.15, -0.1) is 35.3 Å². The van der Waals surface area contributed by atoms with Gasteiger partial charge in [0.05, 0.1) is 5.00 Å². The average molecular weight is 506 g/mol.